The van der Waals surface area contributed by atoms with Crippen LogP contribution in [-0.2, 0) is 6.42 Å². The Hall–Kier alpha value is -0.470. The molecule has 0 aliphatic carbocycles. The lowest BCUT2D eigenvalue weighted by Crippen LogP contribution is -2.14. The predicted molar refractivity (Wildman–Crippen MR) is 66.1 cm³/mol. The van der Waals surface area contributed by atoms with Crippen molar-refractivity contribution in [3.05, 3.63) is 35.4 Å². The normalized spacial score (nSPS) is 10.9. The van der Waals surface area contributed by atoms with E-state index >= 15 is 0 Å². The van der Waals surface area contributed by atoms with Crippen molar-refractivity contribution in [2.45, 2.75) is 26.2 Å². The summed E-state index contributed by atoms with van der Waals surface area (Å²) in [5, 5.41) is 3.20. The Kier molecular flexibility index (Phi) is 5.05. The number of hydrogen-bond donors (Lipinski definition) is 2. The summed E-state index contributed by atoms with van der Waals surface area (Å²) in [6, 6.07) is 8.88. The Morgan fingerprint density at radius 1 is 1.21 bits per heavy atom. The van der Waals surface area contributed by atoms with Gasteiger partial charge in [-0.1, -0.05) is 38.1 Å². The zero-order valence-electron chi connectivity index (χ0n) is 8.96. The van der Waals surface area contributed by atoms with Crippen LogP contribution in [0.15, 0.2) is 24.3 Å². The molecule has 0 aliphatic rings. The van der Waals surface area contributed by atoms with Gasteiger partial charge in [-0.3, -0.25) is 0 Å². The van der Waals surface area contributed by atoms with E-state index in [4.69, 9.17) is 0 Å². The largest absolute Gasteiger partial charge is 0.308 e. The van der Waals surface area contributed by atoms with Crippen LogP contribution in [0.5, 0.6) is 0 Å². The number of benzene rings is 1. The molecule has 0 fully saturated rings. The summed E-state index contributed by atoms with van der Waals surface area (Å²) in [5.74, 6) is 1.38. The highest BCUT2D eigenvalue weighted by molar-refractivity contribution is 7.80. The third-order valence-electron chi connectivity index (χ3n) is 2.35. The molecule has 1 aromatic rings. The summed E-state index contributed by atoms with van der Waals surface area (Å²) in [5.41, 5.74) is 2.81. The zero-order valence-corrected chi connectivity index (χ0v) is 9.85. The maximum Gasteiger partial charge on any atom is 0.0387 e. The van der Waals surface area contributed by atoms with Gasteiger partial charge in [-0.15, -0.1) is 0 Å². The summed E-state index contributed by atoms with van der Waals surface area (Å²) in [7, 11) is 0. The number of nitrogens with one attached hydrogen (secondary N) is 1. The van der Waals surface area contributed by atoms with Gasteiger partial charge in [0, 0.05) is 5.88 Å². The van der Waals surface area contributed by atoms with Crippen LogP contribution in [0, 0.1) is 0 Å². The molecule has 0 saturated carbocycles. The first kappa shape index (κ1) is 11.6. The van der Waals surface area contributed by atoms with Crippen LogP contribution in [-0.4, -0.2) is 12.4 Å². The Balaban J connectivity index is 2.47. The fraction of sp³-hybridized carbons (Fsp3) is 0.500. The van der Waals surface area contributed by atoms with Crippen molar-refractivity contribution in [2.75, 3.05) is 12.4 Å². The third kappa shape index (κ3) is 3.72. The van der Waals surface area contributed by atoms with Gasteiger partial charge in [0.1, 0.15) is 0 Å². The maximum absolute atomic E-state index is 4.10. The summed E-state index contributed by atoms with van der Waals surface area (Å²) in [6.45, 7) is 5.44. The van der Waals surface area contributed by atoms with Crippen LogP contribution in [0.3, 0.4) is 0 Å². The van der Waals surface area contributed by atoms with Gasteiger partial charge in [-0.25, -0.2) is 0 Å². The van der Waals surface area contributed by atoms with Crippen molar-refractivity contribution in [3.8, 4) is 0 Å². The van der Waals surface area contributed by atoms with Crippen molar-refractivity contribution in [1.29, 1.82) is 0 Å². The van der Waals surface area contributed by atoms with Crippen molar-refractivity contribution < 1.29 is 0 Å². The molecule has 1 N–H and O–H groups in total. The van der Waals surface area contributed by atoms with Gasteiger partial charge in [-0.05, 0) is 30.0 Å². The lowest BCUT2D eigenvalue weighted by Gasteiger charge is -2.06. The molecular weight excluding hydrogens is 190 g/mol. The molecule has 14 heavy (non-hydrogen) atoms. The topological polar surface area (TPSA) is 12.0 Å². The fourth-order valence-electron chi connectivity index (χ4n) is 1.38. The molecule has 0 aliphatic heterocycles. The summed E-state index contributed by atoms with van der Waals surface area (Å²) in [6.07, 6.45) is 1.08. The van der Waals surface area contributed by atoms with Crippen molar-refractivity contribution in [2.24, 2.45) is 0 Å². The van der Waals surface area contributed by atoms with Gasteiger partial charge in [0.05, 0.1) is 0 Å². The highest BCUT2D eigenvalue weighted by Crippen LogP contribution is 2.14. The molecule has 0 atom stereocenters. The second kappa shape index (κ2) is 6.10. The number of hydrogen-bond acceptors (Lipinski definition) is 2. The number of rotatable bonds is 5. The molecule has 0 saturated heterocycles. The summed E-state index contributed by atoms with van der Waals surface area (Å²) < 4.78 is 0. The molecule has 0 aromatic heterocycles. The first-order valence-electron chi connectivity index (χ1n) is 5.14. The minimum Gasteiger partial charge on any atom is -0.308 e. The van der Waals surface area contributed by atoms with E-state index in [1.54, 1.807) is 0 Å². The van der Waals surface area contributed by atoms with E-state index < -0.39 is 0 Å². The predicted octanol–water partition coefficient (Wildman–Crippen LogP) is 2.83. The van der Waals surface area contributed by atoms with Crippen molar-refractivity contribution >= 4 is 12.6 Å². The van der Waals surface area contributed by atoms with Crippen LogP contribution in [0.2, 0.25) is 0 Å². The molecule has 0 heterocycles. The van der Waals surface area contributed by atoms with Crippen LogP contribution in [0.25, 0.3) is 0 Å². The minimum absolute atomic E-state index is 0.625. The molecule has 0 unspecified atom stereocenters. The van der Waals surface area contributed by atoms with Gasteiger partial charge in [0.25, 0.3) is 0 Å². The van der Waals surface area contributed by atoms with Crippen LogP contribution in [0.4, 0.5) is 0 Å². The maximum atomic E-state index is 4.10. The molecular formula is C12H19NS. The summed E-state index contributed by atoms with van der Waals surface area (Å²) >= 11 is 4.10. The molecule has 1 nitrogen and oxygen atoms in total. The Labute approximate surface area is 92.3 Å². The second-order valence-electron chi connectivity index (χ2n) is 3.80. The Morgan fingerprint density at radius 3 is 2.36 bits per heavy atom. The van der Waals surface area contributed by atoms with Gasteiger partial charge in [0.2, 0.25) is 0 Å². The van der Waals surface area contributed by atoms with E-state index in [0.29, 0.717) is 5.92 Å². The highest BCUT2D eigenvalue weighted by Gasteiger charge is 1.98. The summed E-state index contributed by atoms with van der Waals surface area (Å²) in [4.78, 5) is 0. The number of thiol groups is 1. The molecule has 1 aromatic carbocycles. The van der Waals surface area contributed by atoms with E-state index in [-0.39, 0.29) is 0 Å². The smallest absolute Gasteiger partial charge is 0.0387 e. The molecule has 1 rings (SSSR count). The monoisotopic (exact) mass is 209 g/mol. The van der Waals surface area contributed by atoms with Gasteiger partial charge in [-0.2, -0.15) is 12.6 Å². The highest BCUT2D eigenvalue weighted by atomic mass is 32.1. The van der Waals surface area contributed by atoms with Gasteiger partial charge < -0.3 is 5.32 Å². The lowest BCUT2D eigenvalue weighted by molar-refractivity contribution is 0.775. The van der Waals surface area contributed by atoms with Crippen LogP contribution < -0.4 is 5.32 Å². The van der Waals surface area contributed by atoms with Crippen molar-refractivity contribution in [3.63, 3.8) is 0 Å². The molecule has 0 amide bonds. The molecule has 2 heteroatoms. The Morgan fingerprint density at radius 2 is 1.86 bits per heavy atom. The SMILES string of the molecule is CC(C)c1ccc(CCNCS)cc1. The van der Waals surface area contributed by atoms with Crippen LogP contribution >= 0.6 is 12.6 Å². The minimum atomic E-state index is 0.625. The first-order chi connectivity index (χ1) is 6.74. The Bertz CT molecular complexity index is 254. The van der Waals surface area contributed by atoms with Crippen LogP contribution in [0.1, 0.15) is 30.9 Å². The van der Waals surface area contributed by atoms with E-state index in [9.17, 15) is 0 Å². The van der Waals surface area contributed by atoms with E-state index in [0.717, 1.165) is 18.8 Å². The van der Waals surface area contributed by atoms with Gasteiger partial charge >= 0.3 is 0 Å². The van der Waals surface area contributed by atoms with Crippen molar-refractivity contribution in [1.82, 2.24) is 5.32 Å². The average Bonchev–Trinajstić information content (AvgIpc) is 2.19. The van der Waals surface area contributed by atoms with E-state index in [2.05, 4.69) is 56.1 Å². The molecule has 78 valence electrons. The first-order valence-corrected chi connectivity index (χ1v) is 5.77. The fourth-order valence-corrected chi connectivity index (χ4v) is 1.54. The second-order valence-corrected chi connectivity index (χ2v) is 4.12. The molecule has 0 bridgehead atoms. The third-order valence-corrected chi connectivity index (χ3v) is 2.57. The van der Waals surface area contributed by atoms with E-state index in [1.165, 1.54) is 11.1 Å². The van der Waals surface area contributed by atoms with Gasteiger partial charge in [0.15, 0.2) is 0 Å². The molecule has 0 spiro atoms. The lowest BCUT2D eigenvalue weighted by atomic mass is 10.0. The van der Waals surface area contributed by atoms with E-state index in [1.807, 2.05) is 0 Å². The molecule has 0 radical (unpaired) electrons. The zero-order chi connectivity index (χ0) is 10.4. The quantitative estimate of drug-likeness (QED) is 0.432. The average molecular weight is 209 g/mol. The standard InChI is InChI=1S/C12H19NS/c1-10(2)12-5-3-11(4-6-12)7-8-13-9-14/h3-6,10,13-14H,7-9H2,1-2H3.